The number of anilines is 1. The van der Waals surface area contributed by atoms with Crippen LogP contribution in [-0.2, 0) is 9.53 Å². The Kier molecular flexibility index (Phi) is 3.76. The molecule has 2 heterocycles. The van der Waals surface area contributed by atoms with Gasteiger partial charge in [0, 0.05) is 25.0 Å². The zero-order valence-electron chi connectivity index (χ0n) is 10.6. The van der Waals surface area contributed by atoms with Gasteiger partial charge in [0.25, 0.3) is 0 Å². The van der Waals surface area contributed by atoms with Crippen LogP contribution in [-0.4, -0.2) is 30.6 Å². The van der Waals surface area contributed by atoms with E-state index >= 15 is 0 Å². The lowest BCUT2D eigenvalue weighted by atomic mass is 9.90. The second-order valence-corrected chi connectivity index (χ2v) is 5.18. The molecule has 0 amide bonds. The maximum atomic E-state index is 11.9. The summed E-state index contributed by atoms with van der Waals surface area (Å²) in [4.78, 5) is 18.0. The Bertz CT molecular complexity index is 452. The van der Waals surface area contributed by atoms with Crippen molar-refractivity contribution in [2.24, 2.45) is 5.41 Å². The fourth-order valence-electron chi connectivity index (χ4n) is 2.24. The quantitative estimate of drug-likeness (QED) is 0.624. The van der Waals surface area contributed by atoms with E-state index in [9.17, 15) is 4.79 Å². The third-order valence-corrected chi connectivity index (χ3v) is 3.52. The third kappa shape index (κ3) is 2.58. The van der Waals surface area contributed by atoms with Gasteiger partial charge < -0.3 is 9.64 Å². The third-order valence-electron chi connectivity index (χ3n) is 3.32. The van der Waals surface area contributed by atoms with Crippen LogP contribution in [0.15, 0.2) is 18.3 Å². The molecule has 1 atom stereocenters. The lowest BCUT2D eigenvalue weighted by Crippen LogP contribution is -2.33. The molecule has 0 N–H and O–H groups in total. The summed E-state index contributed by atoms with van der Waals surface area (Å²) in [5, 5.41) is 0.470. The van der Waals surface area contributed by atoms with Crippen molar-refractivity contribution < 1.29 is 9.53 Å². The van der Waals surface area contributed by atoms with E-state index in [0.717, 1.165) is 18.7 Å². The van der Waals surface area contributed by atoms with Gasteiger partial charge in [0.2, 0.25) is 0 Å². The number of rotatable bonds is 3. The first-order valence-electron chi connectivity index (χ1n) is 6.09. The Morgan fingerprint density at radius 3 is 3.11 bits per heavy atom. The molecule has 1 aromatic heterocycles. The molecule has 2 rings (SSSR count). The van der Waals surface area contributed by atoms with Crippen molar-refractivity contribution in [2.75, 3.05) is 24.6 Å². The summed E-state index contributed by atoms with van der Waals surface area (Å²) < 4.78 is 5.13. The van der Waals surface area contributed by atoms with E-state index < -0.39 is 5.41 Å². The molecule has 5 heteroatoms. The largest absolute Gasteiger partial charge is 0.466 e. The van der Waals surface area contributed by atoms with Crippen molar-refractivity contribution in [3.05, 3.63) is 23.5 Å². The van der Waals surface area contributed by atoms with Crippen LogP contribution < -0.4 is 4.90 Å². The first-order valence-corrected chi connectivity index (χ1v) is 6.47. The number of hydrogen-bond donors (Lipinski definition) is 0. The van der Waals surface area contributed by atoms with E-state index in [1.807, 2.05) is 26.0 Å². The average Bonchev–Trinajstić information content (AvgIpc) is 2.74. The van der Waals surface area contributed by atoms with E-state index in [2.05, 4.69) is 9.88 Å². The van der Waals surface area contributed by atoms with Gasteiger partial charge in [0.1, 0.15) is 5.15 Å². The standard InChI is InChI=1S/C13H17ClN2O2/c1-3-18-12(17)13(2)5-7-16(9-13)10-4-6-15-11(14)8-10/h4,6,8H,3,5,7,9H2,1-2H3. The minimum Gasteiger partial charge on any atom is -0.466 e. The van der Waals surface area contributed by atoms with Crippen LogP contribution >= 0.6 is 11.6 Å². The van der Waals surface area contributed by atoms with Gasteiger partial charge in [-0.3, -0.25) is 4.79 Å². The van der Waals surface area contributed by atoms with Crippen molar-refractivity contribution in [3.8, 4) is 0 Å². The number of carbonyl (C=O) groups is 1. The van der Waals surface area contributed by atoms with Crippen LogP contribution in [0.1, 0.15) is 20.3 Å². The zero-order chi connectivity index (χ0) is 13.2. The molecule has 1 fully saturated rings. The van der Waals surface area contributed by atoms with Crippen LogP contribution in [0.3, 0.4) is 0 Å². The van der Waals surface area contributed by atoms with Gasteiger partial charge in [-0.25, -0.2) is 4.98 Å². The first-order chi connectivity index (χ1) is 8.55. The minimum absolute atomic E-state index is 0.118. The Morgan fingerprint density at radius 1 is 1.67 bits per heavy atom. The summed E-state index contributed by atoms with van der Waals surface area (Å²) in [7, 11) is 0. The van der Waals surface area contributed by atoms with E-state index in [4.69, 9.17) is 16.3 Å². The summed E-state index contributed by atoms with van der Waals surface area (Å²) >= 11 is 5.88. The minimum atomic E-state index is -0.425. The summed E-state index contributed by atoms with van der Waals surface area (Å²) in [5.74, 6) is -0.118. The number of nitrogens with zero attached hydrogens (tertiary/aromatic N) is 2. The smallest absolute Gasteiger partial charge is 0.313 e. The highest BCUT2D eigenvalue weighted by Crippen LogP contribution is 2.34. The van der Waals surface area contributed by atoms with Gasteiger partial charge in [0.15, 0.2) is 0 Å². The second kappa shape index (κ2) is 5.14. The number of esters is 1. The lowest BCUT2D eigenvalue weighted by molar-refractivity contribution is -0.153. The van der Waals surface area contributed by atoms with Gasteiger partial charge in [-0.2, -0.15) is 0 Å². The maximum absolute atomic E-state index is 11.9. The summed E-state index contributed by atoms with van der Waals surface area (Å²) in [5.41, 5.74) is 0.578. The Morgan fingerprint density at radius 2 is 2.44 bits per heavy atom. The molecule has 98 valence electrons. The molecule has 1 aliphatic rings. The Labute approximate surface area is 112 Å². The molecule has 18 heavy (non-hydrogen) atoms. The molecule has 1 aromatic rings. The molecule has 1 unspecified atom stereocenters. The van der Waals surface area contributed by atoms with Crippen LogP contribution in [0.4, 0.5) is 5.69 Å². The number of pyridine rings is 1. The Hall–Kier alpha value is -1.29. The molecule has 0 aromatic carbocycles. The number of ether oxygens (including phenoxy) is 1. The second-order valence-electron chi connectivity index (χ2n) is 4.79. The van der Waals surface area contributed by atoms with Crippen molar-refractivity contribution >= 4 is 23.3 Å². The SMILES string of the molecule is CCOC(=O)C1(C)CCN(c2ccnc(Cl)c2)C1. The molecule has 0 bridgehead atoms. The molecule has 0 saturated carbocycles. The van der Waals surface area contributed by atoms with E-state index in [-0.39, 0.29) is 5.97 Å². The molecular formula is C13H17ClN2O2. The monoisotopic (exact) mass is 268 g/mol. The predicted molar refractivity (Wildman–Crippen MR) is 70.8 cm³/mol. The molecule has 1 aliphatic heterocycles. The predicted octanol–water partition coefficient (Wildman–Crippen LogP) is 2.51. The van der Waals surface area contributed by atoms with Gasteiger partial charge in [-0.05, 0) is 32.4 Å². The fraction of sp³-hybridized carbons (Fsp3) is 0.538. The van der Waals surface area contributed by atoms with E-state index in [0.29, 0.717) is 18.3 Å². The van der Waals surface area contributed by atoms with Gasteiger partial charge in [0.05, 0.1) is 12.0 Å². The topological polar surface area (TPSA) is 42.4 Å². The van der Waals surface area contributed by atoms with Crippen LogP contribution in [0.5, 0.6) is 0 Å². The lowest BCUT2D eigenvalue weighted by Gasteiger charge is -2.23. The summed E-state index contributed by atoms with van der Waals surface area (Å²) in [6.07, 6.45) is 2.48. The number of aromatic nitrogens is 1. The van der Waals surface area contributed by atoms with E-state index in [1.165, 1.54) is 0 Å². The Balaban J connectivity index is 2.10. The first kappa shape index (κ1) is 13.1. The highest BCUT2D eigenvalue weighted by Gasteiger charge is 2.41. The van der Waals surface area contributed by atoms with Crippen molar-refractivity contribution in [1.29, 1.82) is 0 Å². The number of halogens is 1. The molecule has 0 aliphatic carbocycles. The average molecular weight is 269 g/mol. The van der Waals surface area contributed by atoms with Crippen molar-refractivity contribution in [3.63, 3.8) is 0 Å². The number of hydrogen-bond acceptors (Lipinski definition) is 4. The molecule has 1 saturated heterocycles. The summed E-state index contributed by atoms with van der Waals surface area (Å²) in [6.45, 7) is 5.70. The van der Waals surface area contributed by atoms with Gasteiger partial charge >= 0.3 is 5.97 Å². The van der Waals surface area contributed by atoms with Gasteiger partial charge in [-0.15, -0.1) is 0 Å². The maximum Gasteiger partial charge on any atom is 0.313 e. The fourth-order valence-corrected chi connectivity index (χ4v) is 2.41. The molecular weight excluding hydrogens is 252 g/mol. The highest BCUT2D eigenvalue weighted by atomic mass is 35.5. The molecule has 4 nitrogen and oxygen atoms in total. The van der Waals surface area contributed by atoms with Gasteiger partial charge in [-0.1, -0.05) is 11.6 Å². The highest BCUT2D eigenvalue weighted by molar-refractivity contribution is 6.29. The summed E-state index contributed by atoms with van der Waals surface area (Å²) in [6, 6.07) is 3.72. The van der Waals surface area contributed by atoms with E-state index in [1.54, 1.807) is 6.20 Å². The zero-order valence-corrected chi connectivity index (χ0v) is 11.4. The molecule has 0 radical (unpaired) electrons. The van der Waals surface area contributed by atoms with Crippen LogP contribution in [0.2, 0.25) is 5.15 Å². The van der Waals surface area contributed by atoms with Crippen LogP contribution in [0, 0.1) is 5.41 Å². The molecule has 0 spiro atoms. The van der Waals surface area contributed by atoms with Crippen molar-refractivity contribution in [2.45, 2.75) is 20.3 Å². The van der Waals surface area contributed by atoms with Crippen LogP contribution in [0.25, 0.3) is 0 Å². The number of carbonyl (C=O) groups excluding carboxylic acids is 1. The van der Waals surface area contributed by atoms with Crippen molar-refractivity contribution in [1.82, 2.24) is 4.98 Å². The normalized spacial score (nSPS) is 23.2.